The molecule has 9 heavy (non-hydrogen) atoms. The second kappa shape index (κ2) is 3.22. The van der Waals surface area contributed by atoms with Crippen LogP contribution in [0.15, 0.2) is 11.9 Å². The summed E-state index contributed by atoms with van der Waals surface area (Å²) in [5, 5.41) is 9.52. The van der Waals surface area contributed by atoms with Gasteiger partial charge in [0.05, 0.1) is 0 Å². The maximum Gasteiger partial charge on any atom is 0.351 e. The fourth-order valence-corrected chi connectivity index (χ4v) is 0.351. The normalized spacial score (nSPS) is 14.1. The van der Waals surface area contributed by atoms with Crippen LogP contribution in [-0.2, 0) is 5.11 Å². The Morgan fingerprint density at radius 1 is 1.67 bits per heavy atom. The first-order valence-electron chi connectivity index (χ1n) is 1.99. The van der Waals surface area contributed by atoms with E-state index in [-0.39, 0.29) is 6.08 Å². The highest BCUT2D eigenvalue weighted by Crippen LogP contribution is 2.31. The first kappa shape index (κ1) is 8.97. The molecule has 0 aromatic rings. The van der Waals surface area contributed by atoms with Crippen LogP contribution in [0, 0.1) is 0 Å². The summed E-state index contributed by atoms with van der Waals surface area (Å²) in [7, 11) is 0. The molecule has 0 bridgehead atoms. The lowest BCUT2D eigenvalue weighted by Crippen LogP contribution is -2.05. The number of alkyl halides is 3. The lowest BCUT2D eigenvalue weighted by Gasteiger charge is -2.02. The Bertz CT molecular complexity index is 117. The number of rotatable bonds is 2. The van der Waals surface area contributed by atoms with Gasteiger partial charge in [-0.2, -0.15) is 8.78 Å². The van der Waals surface area contributed by atoms with Crippen molar-refractivity contribution in [1.82, 2.24) is 0 Å². The summed E-state index contributed by atoms with van der Waals surface area (Å²) in [5.74, 6) is -1.74. The van der Waals surface area contributed by atoms with Crippen molar-refractivity contribution in [3.05, 3.63) is 11.9 Å². The zero-order valence-corrected chi connectivity index (χ0v) is 5.79. The quantitative estimate of drug-likeness (QED) is 0.614. The fourth-order valence-electron chi connectivity index (χ4n) is 0.189. The van der Waals surface area contributed by atoms with Gasteiger partial charge in [-0.15, -0.1) is 0 Å². The van der Waals surface area contributed by atoms with Crippen LogP contribution in [-0.4, -0.2) is 11.4 Å². The third-order valence-electron chi connectivity index (χ3n) is 0.533. The van der Waals surface area contributed by atoms with Crippen LogP contribution in [0.25, 0.3) is 0 Å². The van der Waals surface area contributed by atoms with Crippen molar-refractivity contribution in [2.24, 2.45) is 0 Å². The number of halogens is 4. The lowest BCUT2D eigenvalue weighted by atomic mass is 10.5. The van der Waals surface area contributed by atoms with E-state index in [1.165, 1.54) is 0 Å². The largest absolute Gasteiger partial charge is 0.351 e. The van der Waals surface area contributed by atoms with Crippen molar-refractivity contribution < 1.29 is 18.3 Å². The van der Waals surface area contributed by atoms with E-state index in [2.05, 4.69) is 0 Å². The van der Waals surface area contributed by atoms with Gasteiger partial charge >= 0.3 is 4.83 Å². The van der Waals surface area contributed by atoms with Crippen LogP contribution in [0.3, 0.4) is 0 Å². The Labute approximate surface area is 58.3 Å². The molecule has 0 heterocycles. The van der Waals surface area contributed by atoms with E-state index in [0.717, 1.165) is 0 Å². The highest BCUT2D eigenvalue weighted by Gasteiger charge is 2.30. The standard InChI is InChI=1S/C4H3BrF3O/c5-4(7,8)3(6)1-2-9/h1H,2H2/b3-1-. The first-order chi connectivity index (χ1) is 3.98. The Morgan fingerprint density at radius 3 is 2.22 bits per heavy atom. The van der Waals surface area contributed by atoms with E-state index >= 15 is 0 Å². The van der Waals surface area contributed by atoms with Gasteiger partial charge in [-0.25, -0.2) is 9.50 Å². The van der Waals surface area contributed by atoms with Gasteiger partial charge in [0.25, 0.3) is 0 Å². The molecule has 0 fully saturated rings. The molecule has 0 aliphatic rings. The molecule has 0 aliphatic carbocycles. The predicted molar refractivity (Wildman–Crippen MR) is 28.6 cm³/mol. The molecular formula is C4H3BrF3O. The van der Waals surface area contributed by atoms with Gasteiger partial charge in [0.15, 0.2) is 5.83 Å². The average Bonchev–Trinajstić information content (AvgIpc) is 1.64. The topological polar surface area (TPSA) is 19.9 Å². The van der Waals surface area contributed by atoms with E-state index in [1.54, 1.807) is 15.9 Å². The predicted octanol–water partition coefficient (Wildman–Crippen LogP) is 2.26. The smallest absolute Gasteiger partial charge is 0.232 e. The van der Waals surface area contributed by atoms with Gasteiger partial charge in [-0.1, -0.05) is 0 Å². The number of hydrogen-bond acceptors (Lipinski definition) is 0. The molecule has 0 saturated heterocycles. The second-order valence-corrected chi connectivity index (χ2v) is 2.21. The first-order valence-corrected chi connectivity index (χ1v) is 2.78. The fraction of sp³-hybridized carbons (Fsp3) is 0.500. The minimum Gasteiger partial charge on any atom is -0.232 e. The molecule has 0 amide bonds. The highest BCUT2D eigenvalue weighted by molar-refractivity contribution is 9.10. The van der Waals surface area contributed by atoms with Crippen molar-refractivity contribution in [3.8, 4) is 0 Å². The highest BCUT2D eigenvalue weighted by atomic mass is 79.9. The van der Waals surface area contributed by atoms with E-state index < -0.39 is 17.3 Å². The molecule has 0 atom stereocenters. The van der Waals surface area contributed by atoms with E-state index in [1.807, 2.05) is 0 Å². The van der Waals surface area contributed by atoms with Crippen LogP contribution in [0.4, 0.5) is 13.2 Å². The van der Waals surface area contributed by atoms with Crippen molar-refractivity contribution in [1.29, 1.82) is 0 Å². The molecule has 0 saturated carbocycles. The van der Waals surface area contributed by atoms with Crippen LogP contribution in [0.2, 0.25) is 0 Å². The summed E-state index contributed by atoms with van der Waals surface area (Å²) >= 11 is 1.73. The van der Waals surface area contributed by atoms with Crippen molar-refractivity contribution in [2.75, 3.05) is 6.61 Å². The lowest BCUT2D eigenvalue weighted by molar-refractivity contribution is 0.123. The summed E-state index contributed by atoms with van der Waals surface area (Å²) in [6.45, 7) is -0.979. The van der Waals surface area contributed by atoms with E-state index in [9.17, 15) is 18.3 Å². The van der Waals surface area contributed by atoms with Gasteiger partial charge in [-0.05, 0) is 22.0 Å². The molecule has 0 aliphatic heterocycles. The monoisotopic (exact) mass is 203 g/mol. The van der Waals surface area contributed by atoms with Crippen molar-refractivity contribution >= 4 is 15.9 Å². The van der Waals surface area contributed by atoms with E-state index in [0.29, 0.717) is 0 Å². The average molecular weight is 204 g/mol. The van der Waals surface area contributed by atoms with Gasteiger partial charge in [0, 0.05) is 0 Å². The molecule has 53 valence electrons. The zero-order chi connectivity index (χ0) is 7.49. The summed E-state index contributed by atoms with van der Waals surface area (Å²) < 4.78 is 35.0. The summed E-state index contributed by atoms with van der Waals surface area (Å²) in [6, 6.07) is 0. The van der Waals surface area contributed by atoms with Crippen molar-refractivity contribution in [3.63, 3.8) is 0 Å². The van der Waals surface area contributed by atoms with E-state index in [4.69, 9.17) is 0 Å². The maximum absolute atomic E-state index is 11.8. The van der Waals surface area contributed by atoms with Crippen LogP contribution >= 0.6 is 15.9 Å². The molecule has 0 unspecified atom stereocenters. The maximum atomic E-state index is 11.8. The molecule has 0 aromatic carbocycles. The Hall–Kier alpha value is -0.0300. The molecule has 0 aromatic heterocycles. The molecule has 1 nitrogen and oxygen atoms in total. The number of hydrogen-bond donors (Lipinski definition) is 0. The van der Waals surface area contributed by atoms with Gasteiger partial charge in [0.2, 0.25) is 0 Å². The Morgan fingerprint density at radius 2 is 2.11 bits per heavy atom. The van der Waals surface area contributed by atoms with Gasteiger partial charge in [-0.3, -0.25) is 0 Å². The second-order valence-electron chi connectivity index (χ2n) is 1.22. The molecule has 1 radical (unpaired) electrons. The third-order valence-corrected chi connectivity index (χ3v) is 0.912. The van der Waals surface area contributed by atoms with Crippen LogP contribution in [0.1, 0.15) is 0 Å². The molecular weight excluding hydrogens is 201 g/mol. The molecule has 0 spiro atoms. The molecule has 5 heteroatoms. The summed E-state index contributed by atoms with van der Waals surface area (Å²) in [4.78, 5) is -3.68. The summed E-state index contributed by atoms with van der Waals surface area (Å²) in [5.41, 5.74) is 0. The Kier molecular flexibility index (Phi) is 3.21. The molecule has 0 N–H and O–H groups in total. The third kappa shape index (κ3) is 3.53. The SMILES string of the molecule is [O]C/C=C(\F)C(F)(F)Br. The van der Waals surface area contributed by atoms with Crippen LogP contribution in [0.5, 0.6) is 0 Å². The molecule has 0 rings (SSSR count). The Balaban J connectivity index is 4.03. The minimum absolute atomic E-state index is 0.273. The van der Waals surface area contributed by atoms with Crippen molar-refractivity contribution in [2.45, 2.75) is 4.83 Å². The van der Waals surface area contributed by atoms with Crippen LogP contribution < -0.4 is 0 Å². The summed E-state index contributed by atoms with van der Waals surface area (Å²) in [6.07, 6.45) is 0.273. The number of allylic oxidation sites excluding steroid dienone is 1. The minimum atomic E-state index is -3.68. The van der Waals surface area contributed by atoms with Gasteiger partial charge < -0.3 is 0 Å². The zero-order valence-electron chi connectivity index (χ0n) is 4.20. The van der Waals surface area contributed by atoms with Gasteiger partial charge in [0.1, 0.15) is 6.61 Å².